The van der Waals surface area contributed by atoms with Crippen LogP contribution in [0.2, 0.25) is 0 Å². The van der Waals surface area contributed by atoms with E-state index in [9.17, 15) is 24.1 Å². The highest BCUT2D eigenvalue weighted by atomic mass is 32.2. The summed E-state index contributed by atoms with van der Waals surface area (Å²) in [5, 5.41) is 11.5. The van der Waals surface area contributed by atoms with Crippen molar-refractivity contribution >= 4 is 28.5 Å². The summed E-state index contributed by atoms with van der Waals surface area (Å²) in [6.07, 6.45) is 0. The number of non-ortho nitro benzene ring substituents is 1. The maximum absolute atomic E-state index is 13.2. The number of halogens is 1. The molecule has 0 atom stereocenters. The molecule has 162 valence electrons. The van der Waals surface area contributed by atoms with Crippen molar-refractivity contribution in [3.05, 3.63) is 90.9 Å². The Kier molecular flexibility index (Phi) is 5.57. The second kappa shape index (κ2) is 8.35. The molecule has 0 bridgehead atoms. The summed E-state index contributed by atoms with van der Waals surface area (Å²) < 4.78 is 15.5. The Hall–Kier alpha value is -3.86. The summed E-state index contributed by atoms with van der Waals surface area (Å²) in [4.78, 5) is 44.7. The summed E-state index contributed by atoms with van der Waals surface area (Å²) in [6.45, 7) is 0. The highest BCUT2D eigenvalue weighted by Crippen LogP contribution is 2.29. The minimum absolute atomic E-state index is 0.0817. The Labute approximate surface area is 184 Å². The smallest absolute Gasteiger partial charge is 0.280 e. The summed E-state index contributed by atoms with van der Waals surface area (Å²) in [6, 6.07) is 11.6. The van der Waals surface area contributed by atoms with Crippen LogP contribution in [0.3, 0.4) is 0 Å². The van der Waals surface area contributed by atoms with Crippen LogP contribution in [0, 0.1) is 15.9 Å². The van der Waals surface area contributed by atoms with Gasteiger partial charge in [-0.05, 0) is 29.8 Å². The first-order valence-corrected chi connectivity index (χ1v) is 10.3. The van der Waals surface area contributed by atoms with Gasteiger partial charge >= 0.3 is 5.69 Å². The molecule has 0 saturated carbocycles. The first-order chi connectivity index (χ1) is 15.3. The third-order valence-corrected chi connectivity index (χ3v) is 5.94. The maximum atomic E-state index is 13.2. The van der Waals surface area contributed by atoms with E-state index in [0.717, 1.165) is 10.1 Å². The van der Waals surface area contributed by atoms with E-state index < -0.39 is 16.2 Å². The zero-order valence-electron chi connectivity index (χ0n) is 17.0. The van der Waals surface area contributed by atoms with Crippen molar-refractivity contribution in [2.45, 2.75) is 10.8 Å². The SMILES string of the molecule is Cn1c(=O)c2c(SCc3ccc(F)cc3)nc(-c3ccc([N+](=O)[O-])cc3)nc2n(C)c1=O. The number of hydrogen-bond donors (Lipinski definition) is 0. The normalized spacial score (nSPS) is 11.1. The third-order valence-electron chi connectivity index (χ3n) is 4.89. The molecule has 0 radical (unpaired) electrons. The highest BCUT2D eigenvalue weighted by Gasteiger charge is 2.19. The quantitative estimate of drug-likeness (QED) is 0.198. The van der Waals surface area contributed by atoms with E-state index in [1.807, 2.05) is 0 Å². The lowest BCUT2D eigenvalue weighted by Gasteiger charge is -2.12. The van der Waals surface area contributed by atoms with Crippen LogP contribution in [0.15, 0.2) is 63.1 Å². The Morgan fingerprint density at radius 1 is 1.00 bits per heavy atom. The summed E-state index contributed by atoms with van der Waals surface area (Å²) in [5.74, 6) is 0.269. The van der Waals surface area contributed by atoms with Gasteiger partial charge in [-0.15, -0.1) is 11.8 Å². The minimum atomic E-state index is -0.537. The molecule has 4 rings (SSSR count). The predicted octanol–water partition coefficient (Wildman–Crippen LogP) is 3.03. The molecule has 0 spiro atoms. The van der Waals surface area contributed by atoms with Gasteiger partial charge in [0.15, 0.2) is 11.5 Å². The van der Waals surface area contributed by atoms with Gasteiger partial charge in [0.1, 0.15) is 16.2 Å². The fourth-order valence-electron chi connectivity index (χ4n) is 3.13. The van der Waals surface area contributed by atoms with Crippen molar-refractivity contribution in [2.24, 2.45) is 14.1 Å². The molecule has 0 N–H and O–H groups in total. The van der Waals surface area contributed by atoms with Crippen molar-refractivity contribution < 1.29 is 9.31 Å². The largest absolute Gasteiger partial charge is 0.332 e. The molecule has 4 aromatic rings. The molecule has 32 heavy (non-hydrogen) atoms. The number of nitro benzene ring substituents is 1. The Bertz CT molecular complexity index is 1460. The van der Waals surface area contributed by atoms with Gasteiger partial charge < -0.3 is 0 Å². The molecule has 9 nitrogen and oxygen atoms in total. The predicted molar refractivity (Wildman–Crippen MR) is 118 cm³/mol. The molecule has 0 aliphatic rings. The molecule has 0 aliphatic heterocycles. The number of aromatic nitrogens is 4. The Balaban J connectivity index is 1.88. The van der Waals surface area contributed by atoms with Crippen LogP contribution in [0.25, 0.3) is 22.4 Å². The average Bonchev–Trinajstić information content (AvgIpc) is 2.80. The van der Waals surface area contributed by atoms with Crippen LogP contribution < -0.4 is 11.2 Å². The van der Waals surface area contributed by atoms with E-state index in [0.29, 0.717) is 16.3 Å². The van der Waals surface area contributed by atoms with Gasteiger partial charge in [0.25, 0.3) is 11.2 Å². The number of hydrogen-bond acceptors (Lipinski definition) is 7. The van der Waals surface area contributed by atoms with E-state index in [2.05, 4.69) is 9.97 Å². The standard InChI is InChI=1S/C21H16FN5O4S/c1-25-18-16(20(28)26(2)21(25)29)19(32-11-12-3-7-14(22)8-4-12)24-17(23-18)13-5-9-15(10-6-13)27(30)31/h3-10H,11H2,1-2H3. The molecule has 2 heterocycles. The molecule has 0 aliphatic carbocycles. The highest BCUT2D eigenvalue weighted by molar-refractivity contribution is 7.98. The third kappa shape index (κ3) is 3.89. The first-order valence-electron chi connectivity index (χ1n) is 9.36. The maximum Gasteiger partial charge on any atom is 0.332 e. The zero-order valence-corrected chi connectivity index (χ0v) is 17.8. The van der Waals surface area contributed by atoms with Gasteiger partial charge in [0, 0.05) is 37.5 Å². The number of thioether (sulfide) groups is 1. The van der Waals surface area contributed by atoms with Gasteiger partial charge in [-0.3, -0.25) is 24.0 Å². The van der Waals surface area contributed by atoms with Crippen molar-refractivity contribution in [3.8, 4) is 11.4 Å². The number of benzene rings is 2. The molecule has 2 aromatic heterocycles. The minimum Gasteiger partial charge on any atom is -0.280 e. The lowest BCUT2D eigenvalue weighted by Crippen LogP contribution is -2.37. The Morgan fingerprint density at radius 2 is 1.66 bits per heavy atom. The number of nitrogens with zero attached hydrogens (tertiary/aromatic N) is 5. The van der Waals surface area contributed by atoms with Crippen molar-refractivity contribution in [1.29, 1.82) is 0 Å². The monoisotopic (exact) mass is 453 g/mol. The first kappa shape index (κ1) is 21.4. The zero-order chi connectivity index (χ0) is 23.0. The molecule has 11 heteroatoms. The molecule has 2 aromatic carbocycles. The lowest BCUT2D eigenvalue weighted by molar-refractivity contribution is -0.384. The number of aryl methyl sites for hydroxylation is 1. The van der Waals surface area contributed by atoms with Gasteiger partial charge in [0.2, 0.25) is 0 Å². The van der Waals surface area contributed by atoms with Gasteiger partial charge in [0.05, 0.1) is 4.92 Å². The van der Waals surface area contributed by atoms with Gasteiger partial charge in [-0.2, -0.15) is 0 Å². The van der Waals surface area contributed by atoms with Crippen LogP contribution in [0.4, 0.5) is 10.1 Å². The van der Waals surface area contributed by atoms with E-state index in [1.54, 1.807) is 12.1 Å². The van der Waals surface area contributed by atoms with Gasteiger partial charge in [-0.1, -0.05) is 12.1 Å². The molecule has 0 amide bonds. The fourth-order valence-corrected chi connectivity index (χ4v) is 4.10. The van der Waals surface area contributed by atoms with E-state index in [-0.39, 0.29) is 28.4 Å². The van der Waals surface area contributed by atoms with E-state index in [1.165, 1.54) is 66.8 Å². The topological polar surface area (TPSA) is 113 Å². The molecule has 0 saturated heterocycles. The summed E-state index contributed by atoms with van der Waals surface area (Å²) >= 11 is 1.25. The van der Waals surface area contributed by atoms with Gasteiger partial charge in [-0.25, -0.2) is 19.2 Å². The molecule has 0 unspecified atom stereocenters. The van der Waals surface area contributed by atoms with E-state index >= 15 is 0 Å². The van der Waals surface area contributed by atoms with Crippen LogP contribution in [0.1, 0.15) is 5.56 Å². The molecule has 0 fully saturated rings. The van der Waals surface area contributed by atoms with Crippen LogP contribution in [0.5, 0.6) is 0 Å². The van der Waals surface area contributed by atoms with Crippen LogP contribution in [-0.2, 0) is 19.8 Å². The number of nitro groups is 1. The fraction of sp³-hybridized carbons (Fsp3) is 0.143. The average molecular weight is 453 g/mol. The van der Waals surface area contributed by atoms with Crippen LogP contribution in [-0.4, -0.2) is 24.0 Å². The van der Waals surface area contributed by atoms with Crippen LogP contribution >= 0.6 is 11.8 Å². The second-order valence-corrected chi connectivity index (χ2v) is 7.94. The van der Waals surface area contributed by atoms with Crippen molar-refractivity contribution in [1.82, 2.24) is 19.1 Å². The van der Waals surface area contributed by atoms with E-state index in [4.69, 9.17) is 0 Å². The van der Waals surface area contributed by atoms with Crippen molar-refractivity contribution in [3.63, 3.8) is 0 Å². The second-order valence-electron chi connectivity index (χ2n) is 6.98. The molecular formula is C21H16FN5O4S. The summed E-state index contributed by atoms with van der Waals surface area (Å²) in [5.41, 5.74) is 0.325. The number of rotatable bonds is 5. The van der Waals surface area contributed by atoms with Crippen molar-refractivity contribution in [2.75, 3.05) is 0 Å². The lowest BCUT2D eigenvalue weighted by atomic mass is 10.2. The summed E-state index contributed by atoms with van der Waals surface area (Å²) in [7, 11) is 2.88. The number of fused-ring (bicyclic) bond motifs is 1. The molecular weight excluding hydrogens is 437 g/mol. The Morgan fingerprint density at radius 3 is 2.28 bits per heavy atom.